The van der Waals surface area contributed by atoms with Crippen molar-refractivity contribution in [1.82, 2.24) is 15.0 Å². The van der Waals surface area contributed by atoms with Gasteiger partial charge in [-0.1, -0.05) is 12.1 Å². The molecule has 4 rings (SSSR count). The maximum absolute atomic E-state index is 5.88. The lowest BCUT2D eigenvalue weighted by Gasteiger charge is -2.16. The fourth-order valence-corrected chi connectivity index (χ4v) is 2.95. The predicted molar refractivity (Wildman–Crippen MR) is 80.3 cm³/mol. The van der Waals surface area contributed by atoms with Gasteiger partial charge in [-0.3, -0.25) is 0 Å². The van der Waals surface area contributed by atoms with Gasteiger partial charge < -0.3 is 15.4 Å². The lowest BCUT2D eigenvalue weighted by Crippen LogP contribution is -2.21. The molecule has 2 aliphatic heterocycles. The van der Waals surface area contributed by atoms with Crippen LogP contribution in [0.25, 0.3) is 11.4 Å². The van der Waals surface area contributed by atoms with Crippen LogP contribution in [0.1, 0.15) is 18.4 Å². The Balaban J connectivity index is 1.80. The highest BCUT2D eigenvalue weighted by Crippen LogP contribution is 2.35. The summed E-state index contributed by atoms with van der Waals surface area (Å²) < 4.78 is 5.73. The Labute approximate surface area is 123 Å². The van der Waals surface area contributed by atoms with Gasteiger partial charge in [0.05, 0.1) is 12.2 Å². The molecule has 108 valence electrons. The van der Waals surface area contributed by atoms with E-state index in [2.05, 4.69) is 25.9 Å². The van der Waals surface area contributed by atoms with Crippen LogP contribution in [0.3, 0.4) is 0 Å². The Hall–Kier alpha value is -2.37. The minimum atomic E-state index is 0.262. The molecule has 1 saturated heterocycles. The molecule has 0 atom stereocenters. The molecule has 6 heteroatoms. The first-order valence-electron chi connectivity index (χ1n) is 7.33. The Morgan fingerprint density at radius 3 is 2.81 bits per heavy atom. The number of hydrogen-bond donors (Lipinski definition) is 1. The molecule has 1 aromatic heterocycles. The number of aromatic nitrogens is 3. The first-order chi connectivity index (χ1) is 10.3. The van der Waals surface area contributed by atoms with Gasteiger partial charge in [0, 0.05) is 19.5 Å². The lowest BCUT2D eigenvalue weighted by molar-refractivity contribution is 0.358. The summed E-state index contributed by atoms with van der Waals surface area (Å²) in [5.74, 6) is 2.42. The number of nitrogens with zero attached hydrogens (tertiary/aromatic N) is 4. The molecule has 0 spiro atoms. The van der Waals surface area contributed by atoms with E-state index in [0.717, 1.165) is 30.8 Å². The van der Waals surface area contributed by atoms with Crippen molar-refractivity contribution in [3.05, 3.63) is 23.8 Å². The standard InChI is InChI=1S/C15H17N5O/c16-14-17-13(18-15(19-14)20-7-1-2-8-20)11-5-3-4-10-6-9-21-12(10)11/h3-5H,1-2,6-9H2,(H2,16,17,18,19). The zero-order valence-electron chi connectivity index (χ0n) is 11.7. The average molecular weight is 283 g/mol. The first-order valence-corrected chi connectivity index (χ1v) is 7.33. The van der Waals surface area contributed by atoms with E-state index in [1.165, 1.54) is 18.4 Å². The SMILES string of the molecule is Nc1nc(-c2cccc3c2OCC3)nc(N2CCCC2)n1. The predicted octanol–water partition coefficient (Wildman–Crippen LogP) is 1.66. The number of benzene rings is 1. The molecule has 0 aliphatic carbocycles. The summed E-state index contributed by atoms with van der Waals surface area (Å²) in [4.78, 5) is 15.3. The number of rotatable bonds is 2. The number of anilines is 2. The van der Waals surface area contributed by atoms with E-state index >= 15 is 0 Å². The fraction of sp³-hybridized carbons (Fsp3) is 0.400. The summed E-state index contributed by atoms with van der Waals surface area (Å²) in [5, 5.41) is 0. The molecule has 0 saturated carbocycles. The van der Waals surface area contributed by atoms with Crippen molar-refractivity contribution in [2.24, 2.45) is 0 Å². The average Bonchev–Trinajstić information content (AvgIpc) is 3.17. The second kappa shape index (κ2) is 4.87. The van der Waals surface area contributed by atoms with Gasteiger partial charge in [0.25, 0.3) is 0 Å². The van der Waals surface area contributed by atoms with Crippen LogP contribution in [0.15, 0.2) is 18.2 Å². The fourth-order valence-electron chi connectivity index (χ4n) is 2.95. The van der Waals surface area contributed by atoms with Crippen LogP contribution in [-0.2, 0) is 6.42 Å². The Kier molecular flexibility index (Phi) is 2.87. The summed E-state index contributed by atoms with van der Waals surface area (Å²) in [5.41, 5.74) is 7.99. The van der Waals surface area contributed by atoms with Crippen LogP contribution >= 0.6 is 0 Å². The monoisotopic (exact) mass is 283 g/mol. The summed E-state index contributed by atoms with van der Waals surface area (Å²) in [6.07, 6.45) is 3.28. The van der Waals surface area contributed by atoms with Crippen LogP contribution < -0.4 is 15.4 Å². The van der Waals surface area contributed by atoms with Crippen LogP contribution in [0.5, 0.6) is 5.75 Å². The third-order valence-corrected chi connectivity index (χ3v) is 3.99. The van der Waals surface area contributed by atoms with E-state index in [4.69, 9.17) is 10.5 Å². The highest BCUT2D eigenvalue weighted by molar-refractivity contribution is 5.68. The number of nitrogen functional groups attached to an aromatic ring is 1. The summed E-state index contributed by atoms with van der Waals surface area (Å²) in [7, 11) is 0. The zero-order chi connectivity index (χ0) is 14.2. The Morgan fingerprint density at radius 1 is 1.10 bits per heavy atom. The second-order valence-electron chi connectivity index (χ2n) is 5.40. The van der Waals surface area contributed by atoms with Crippen molar-refractivity contribution >= 4 is 11.9 Å². The van der Waals surface area contributed by atoms with Crippen LogP contribution in [0.2, 0.25) is 0 Å². The molecule has 0 amide bonds. The van der Waals surface area contributed by atoms with E-state index in [1.54, 1.807) is 0 Å². The lowest BCUT2D eigenvalue weighted by atomic mass is 10.1. The molecule has 6 nitrogen and oxygen atoms in total. The molecule has 1 aromatic carbocycles. The molecule has 0 radical (unpaired) electrons. The van der Waals surface area contributed by atoms with Crippen LogP contribution in [-0.4, -0.2) is 34.6 Å². The largest absolute Gasteiger partial charge is 0.492 e. The van der Waals surface area contributed by atoms with Gasteiger partial charge in [0.1, 0.15) is 5.75 Å². The number of fused-ring (bicyclic) bond motifs is 1. The van der Waals surface area contributed by atoms with E-state index in [0.29, 0.717) is 18.4 Å². The van der Waals surface area contributed by atoms with Gasteiger partial charge in [-0.05, 0) is 24.5 Å². The molecule has 3 heterocycles. The molecule has 2 N–H and O–H groups in total. The van der Waals surface area contributed by atoms with Crippen molar-refractivity contribution < 1.29 is 4.74 Å². The summed E-state index contributed by atoms with van der Waals surface area (Å²) >= 11 is 0. The summed E-state index contributed by atoms with van der Waals surface area (Å²) in [6, 6.07) is 6.07. The van der Waals surface area contributed by atoms with Crippen molar-refractivity contribution in [3.63, 3.8) is 0 Å². The van der Waals surface area contributed by atoms with Gasteiger partial charge in [0.15, 0.2) is 5.82 Å². The van der Waals surface area contributed by atoms with Gasteiger partial charge >= 0.3 is 0 Å². The summed E-state index contributed by atoms with van der Waals surface area (Å²) in [6.45, 7) is 2.67. The Bertz CT molecular complexity index is 682. The minimum absolute atomic E-state index is 0.262. The molecule has 21 heavy (non-hydrogen) atoms. The van der Waals surface area contributed by atoms with Gasteiger partial charge in [-0.2, -0.15) is 15.0 Å². The molecule has 1 fully saturated rings. The van der Waals surface area contributed by atoms with E-state index in [-0.39, 0.29) is 5.95 Å². The van der Waals surface area contributed by atoms with Gasteiger partial charge in [0.2, 0.25) is 11.9 Å². The third-order valence-electron chi connectivity index (χ3n) is 3.99. The van der Waals surface area contributed by atoms with Gasteiger partial charge in [-0.25, -0.2) is 0 Å². The third kappa shape index (κ3) is 2.16. The minimum Gasteiger partial charge on any atom is -0.492 e. The van der Waals surface area contributed by atoms with Gasteiger partial charge in [-0.15, -0.1) is 0 Å². The molecular weight excluding hydrogens is 266 g/mol. The second-order valence-corrected chi connectivity index (χ2v) is 5.40. The zero-order valence-corrected chi connectivity index (χ0v) is 11.7. The maximum Gasteiger partial charge on any atom is 0.230 e. The maximum atomic E-state index is 5.88. The Morgan fingerprint density at radius 2 is 1.95 bits per heavy atom. The van der Waals surface area contributed by atoms with Crippen molar-refractivity contribution in [3.8, 4) is 17.1 Å². The normalized spacial score (nSPS) is 16.9. The highest BCUT2D eigenvalue weighted by Gasteiger charge is 2.21. The number of nitrogens with two attached hydrogens (primary N) is 1. The molecule has 0 unspecified atom stereocenters. The molecule has 2 aliphatic rings. The number of hydrogen-bond acceptors (Lipinski definition) is 6. The van der Waals surface area contributed by atoms with E-state index in [1.807, 2.05) is 12.1 Å². The molecule has 2 aromatic rings. The van der Waals surface area contributed by atoms with Crippen LogP contribution in [0, 0.1) is 0 Å². The van der Waals surface area contributed by atoms with E-state index < -0.39 is 0 Å². The van der Waals surface area contributed by atoms with Crippen molar-refractivity contribution in [1.29, 1.82) is 0 Å². The van der Waals surface area contributed by atoms with Crippen molar-refractivity contribution in [2.75, 3.05) is 30.3 Å². The quantitative estimate of drug-likeness (QED) is 0.903. The highest BCUT2D eigenvalue weighted by atomic mass is 16.5. The topological polar surface area (TPSA) is 77.2 Å². The van der Waals surface area contributed by atoms with Crippen molar-refractivity contribution in [2.45, 2.75) is 19.3 Å². The number of para-hydroxylation sites is 1. The molecule has 0 bridgehead atoms. The van der Waals surface area contributed by atoms with E-state index in [9.17, 15) is 0 Å². The molecular formula is C15H17N5O. The smallest absolute Gasteiger partial charge is 0.230 e. The first kappa shape index (κ1) is 12.4. The van der Waals surface area contributed by atoms with Crippen LogP contribution in [0.4, 0.5) is 11.9 Å². The number of ether oxygens (including phenoxy) is 1.